The number of alkyl halides is 2. The van der Waals surface area contributed by atoms with E-state index in [-0.39, 0.29) is 22.5 Å². The highest BCUT2D eigenvalue weighted by atomic mass is 79.9. The fourth-order valence-electron chi connectivity index (χ4n) is 3.06. The third kappa shape index (κ3) is 2.85. The minimum atomic E-state index is -2.99. The van der Waals surface area contributed by atoms with Crippen LogP contribution in [0.5, 0.6) is 5.75 Å². The molecule has 0 saturated heterocycles. The summed E-state index contributed by atoms with van der Waals surface area (Å²) in [5.74, 6) is -0.542. The Morgan fingerprint density at radius 3 is 2.88 bits per heavy atom. The number of nitrogens with zero attached hydrogens (tertiary/aromatic N) is 2. The van der Waals surface area contributed by atoms with Gasteiger partial charge in [-0.2, -0.15) is 8.78 Å². The lowest BCUT2D eigenvalue weighted by Gasteiger charge is -2.27. The predicted octanol–water partition coefficient (Wildman–Crippen LogP) is 3.99. The minimum Gasteiger partial charge on any atom is -0.434 e. The zero-order chi connectivity index (χ0) is 18.4. The summed E-state index contributed by atoms with van der Waals surface area (Å²) in [5, 5.41) is 10.2. The molecule has 0 spiro atoms. The summed E-state index contributed by atoms with van der Waals surface area (Å²) in [4.78, 5) is 4.29. The van der Waals surface area contributed by atoms with Crippen molar-refractivity contribution >= 4 is 21.6 Å². The standard InChI is InChI=1S/C17H12BrF3N2O3/c18-9-6-23-13(5-10(9)19)22-14-11(24)7-25-16(15(14)23)8-3-1-2-4-12(8)26-17(20)21/h1-6,11,16-17,24H,7H2/t11-,16+/m1/s1. The molecule has 9 heteroatoms. The van der Waals surface area contributed by atoms with E-state index < -0.39 is 24.6 Å². The fraction of sp³-hybridized carbons (Fsp3) is 0.235. The number of hydrogen-bond donors (Lipinski definition) is 1. The number of halogens is 4. The Bertz CT molecular complexity index is 979. The molecule has 1 aromatic carbocycles. The van der Waals surface area contributed by atoms with Crippen molar-refractivity contribution in [3.63, 3.8) is 0 Å². The number of aliphatic hydroxyl groups is 1. The molecule has 1 aliphatic rings. The lowest BCUT2D eigenvalue weighted by molar-refractivity contribution is -0.0548. The summed E-state index contributed by atoms with van der Waals surface area (Å²) in [6, 6.07) is 7.46. The first-order valence-corrected chi connectivity index (χ1v) is 8.45. The molecule has 3 aromatic rings. The Labute approximate surface area is 154 Å². The summed E-state index contributed by atoms with van der Waals surface area (Å²) in [6.07, 6.45) is -0.358. The van der Waals surface area contributed by atoms with Crippen molar-refractivity contribution in [2.24, 2.45) is 0 Å². The monoisotopic (exact) mass is 428 g/mol. The topological polar surface area (TPSA) is 56.0 Å². The van der Waals surface area contributed by atoms with Gasteiger partial charge in [0.25, 0.3) is 0 Å². The molecule has 0 saturated carbocycles. The van der Waals surface area contributed by atoms with Gasteiger partial charge in [0.2, 0.25) is 0 Å². The van der Waals surface area contributed by atoms with E-state index in [0.717, 1.165) is 0 Å². The van der Waals surface area contributed by atoms with Gasteiger partial charge in [0, 0.05) is 17.8 Å². The normalized spacial score (nSPS) is 19.8. The van der Waals surface area contributed by atoms with Crippen LogP contribution in [0.2, 0.25) is 0 Å². The van der Waals surface area contributed by atoms with Crippen LogP contribution in [0.4, 0.5) is 13.2 Å². The van der Waals surface area contributed by atoms with Crippen molar-refractivity contribution in [1.29, 1.82) is 0 Å². The Balaban J connectivity index is 1.92. The van der Waals surface area contributed by atoms with Crippen LogP contribution in [0.3, 0.4) is 0 Å². The van der Waals surface area contributed by atoms with Crippen LogP contribution in [-0.2, 0) is 4.74 Å². The van der Waals surface area contributed by atoms with E-state index in [1.807, 2.05) is 0 Å². The molecule has 5 nitrogen and oxygen atoms in total. The summed E-state index contributed by atoms with van der Waals surface area (Å²) < 4.78 is 51.4. The van der Waals surface area contributed by atoms with E-state index in [1.54, 1.807) is 22.6 Å². The number of ether oxygens (including phenoxy) is 2. The Hall–Kier alpha value is -2.10. The van der Waals surface area contributed by atoms with Gasteiger partial charge in [-0.3, -0.25) is 4.40 Å². The summed E-state index contributed by atoms with van der Waals surface area (Å²) >= 11 is 3.12. The molecule has 2 atom stereocenters. The quantitative estimate of drug-likeness (QED) is 0.685. The molecule has 0 unspecified atom stereocenters. The number of aliphatic hydroxyl groups excluding tert-OH is 1. The number of benzene rings is 1. The van der Waals surface area contributed by atoms with Crippen molar-refractivity contribution < 1.29 is 27.8 Å². The molecule has 4 rings (SSSR count). The van der Waals surface area contributed by atoms with Gasteiger partial charge in [-0.05, 0) is 22.0 Å². The molecule has 0 bridgehead atoms. The van der Waals surface area contributed by atoms with E-state index in [1.165, 1.54) is 18.3 Å². The summed E-state index contributed by atoms with van der Waals surface area (Å²) in [5.41, 5.74) is 1.39. The molecule has 1 N–H and O–H groups in total. The smallest absolute Gasteiger partial charge is 0.387 e. The van der Waals surface area contributed by atoms with Gasteiger partial charge in [-0.25, -0.2) is 9.37 Å². The van der Waals surface area contributed by atoms with E-state index >= 15 is 0 Å². The zero-order valence-corrected chi connectivity index (χ0v) is 14.7. The van der Waals surface area contributed by atoms with Crippen molar-refractivity contribution in [1.82, 2.24) is 9.38 Å². The van der Waals surface area contributed by atoms with Gasteiger partial charge in [-0.15, -0.1) is 0 Å². The highest BCUT2D eigenvalue weighted by molar-refractivity contribution is 9.10. The van der Waals surface area contributed by atoms with E-state index in [0.29, 0.717) is 17.0 Å². The molecule has 0 radical (unpaired) electrons. The van der Waals surface area contributed by atoms with Crippen molar-refractivity contribution in [2.45, 2.75) is 18.8 Å². The van der Waals surface area contributed by atoms with Crippen molar-refractivity contribution in [3.05, 3.63) is 63.8 Å². The fourth-order valence-corrected chi connectivity index (χ4v) is 3.38. The molecule has 0 fully saturated rings. The summed E-state index contributed by atoms with van der Waals surface area (Å²) in [6.45, 7) is -3.07. The van der Waals surface area contributed by atoms with Gasteiger partial charge in [0.1, 0.15) is 29.4 Å². The first-order chi connectivity index (χ1) is 12.5. The largest absolute Gasteiger partial charge is 0.434 e. The first-order valence-electron chi connectivity index (χ1n) is 7.66. The van der Waals surface area contributed by atoms with Gasteiger partial charge < -0.3 is 14.6 Å². The maximum absolute atomic E-state index is 13.8. The molecule has 0 amide bonds. The van der Waals surface area contributed by atoms with Crippen LogP contribution < -0.4 is 4.74 Å². The second kappa shape index (κ2) is 6.57. The number of pyridine rings is 1. The van der Waals surface area contributed by atoms with Crippen LogP contribution in [0.1, 0.15) is 29.2 Å². The summed E-state index contributed by atoms with van der Waals surface area (Å²) in [7, 11) is 0. The van der Waals surface area contributed by atoms with E-state index in [4.69, 9.17) is 4.74 Å². The van der Waals surface area contributed by atoms with Crippen LogP contribution >= 0.6 is 15.9 Å². The lowest BCUT2D eigenvalue weighted by atomic mass is 9.99. The number of fused-ring (bicyclic) bond motifs is 3. The van der Waals surface area contributed by atoms with Crippen LogP contribution in [0.15, 0.2) is 41.0 Å². The third-order valence-corrected chi connectivity index (χ3v) is 4.72. The number of rotatable bonds is 3. The molecule has 1 aliphatic heterocycles. The first kappa shape index (κ1) is 17.3. The molecule has 2 aromatic heterocycles. The van der Waals surface area contributed by atoms with E-state index in [9.17, 15) is 18.3 Å². The highest BCUT2D eigenvalue weighted by Gasteiger charge is 2.35. The molecular formula is C17H12BrF3N2O3. The molecule has 26 heavy (non-hydrogen) atoms. The van der Waals surface area contributed by atoms with E-state index in [2.05, 4.69) is 25.7 Å². The van der Waals surface area contributed by atoms with Gasteiger partial charge in [0.15, 0.2) is 0 Å². The van der Waals surface area contributed by atoms with Crippen LogP contribution in [0, 0.1) is 5.82 Å². The molecule has 0 aliphatic carbocycles. The van der Waals surface area contributed by atoms with Crippen molar-refractivity contribution in [3.8, 4) is 5.75 Å². The lowest BCUT2D eigenvalue weighted by Crippen LogP contribution is -2.23. The van der Waals surface area contributed by atoms with Gasteiger partial charge in [0.05, 0.1) is 22.5 Å². The maximum Gasteiger partial charge on any atom is 0.387 e. The van der Waals surface area contributed by atoms with Gasteiger partial charge >= 0.3 is 6.61 Å². The number of aromatic nitrogens is 2. The zero-order valence-electron chi connectivity index (χ0n) is 13.1. The average molecular weight is 429 g/mol. The van der Waals surface area contributed by atoms with Gasteiger partial charge in [-0.1, -0.05) is 18.2 Å². The molecule has 3 heterocycles. The Morgan fingerprint density at radius 2 is 2.12 bits per heavy atom. The number of imidazole rings is 1. The Morgan fingerprint density at radius 1 is 1.35 bits per heavy atom. The second-order valence-electron chi connectivity index (χ2n) is 5.73. The van der Waals surface area contributed by atoms with Crippen molar-refractivity contribution in [2.75, 3.05) is 6.61 Å². The number of hydrogen-bond acceptors (Lipinski definition) is 4. The predicted molar refractivity (Wildman–Crippen MR) is 88.7 cm³/mol. The average Bonchev–Trinajstić information content (AvgIpc) is 2.95. The minimum absolute atomic E-state index is 0.0361. The maximum atomic E-state index is 13.8. The highest BCUT2D eigenvalue weighted by Crippen LogP contribution is 2.41. The van der Waals surface area contributed by atoms with Crippen LogP contribution in [-0.4, -0.2) is 27.7 Å². The van der Waals surface area contributed by atoms with Crippen LogP contribution in [0.25, 0.3) is 5.65 Å². The SMILES string of the molecule is O[C@@H]1CO[C@@H](c2ccccc2OC(F)F)c2c1nc1cc(F)c(Br)cn21. The molecular weight excluding hydrogens is 417 g/mol. The molecule has 136 valence electrons. The third-order valence-electron chi connectivity index (χ3n) is 4.13. The Kier molecular flexibility index (Phi) is 4.37. The second-order valence-corrected chi connectivity index (χ2v) is 6.58. The number of para-hydroxylation sites is 1.